The maximum atomic E-state index is 11.2. The van der Waals surface area contributed by atoms with Crippen LogP contribution in [0.15, 0.2) is 103 Å². The SMILES string of the molecule is CCCCCCCCCCOc1ccc(C(OCCc2ccc(N(CCCCS(=O)(=O)[O-])CCCCS(=O)(=O)[O-])cc2)(c2ccccc2)c2ccc(OCCCCCCCCCC)cc2)cc1.[Na+].[Na+]. The van der Waals surface area contributed by atoms with Gasteiger partial charge in [-0.3, -0.25) is 0 Å². The second-order valence-corrected chi connectivity index (χ2v) is 21.0. The Morgan fingerprint density at radius 2 is 0.841 bits per heavy atom. The van der Waals surface area contributed by atoms with Crippen LogP contribution in [-0.2, 0) is 37.0 Å². The number of unbranched alkanes of at least 4 members (excludes halogenated alkanes) is 16. The summed E-state index contributed by atoms with van der Waals surface area (Å²) in [5.41, 5.74) is 3.93. The van der Waals surface area contributed by atoms with Gasteiger partial charge in [-0.25, -0.2) is 16.8 Å². The van der Waals surface area contributed by atoms with E-state index in [0.717, 1.165) is 52.3 Å². The Kier molecular flexibility index (Phi) is 33.0. The molecule has 0 bridgehead atoms. The minimum atomic E-state index is -4.32. The zero-order valence-electron chi connectivity index (χ0n) is 42.6. The molecule has 0 radical (unpaired) electrons. The molecule has 0 aliphatic heterocycles. The van der Waals surface area contributed by atoms with E-state index in [9.17, 15) is 25.9 Å². The third-order valence-electron chi connectivity index (χ3n) is 12.4. The Morgan fingerprint density at radius 3 is 1.25 bits per heavy atom. The zero-order valence-corrected chi connectivity index (χ0v) is 48.2. The predicted octanol–water partition coefficient (Wildman–Crippen LogP) is 6.74. The topological polar surface area (TPSA) is 145 Å². The zero-order chi connectivity index (χ0) is 48.1. The van der Waals surface area contributed by atoms with Gasteiger partial charge in [0, 0.05) is 30.3 Å². The van der Waals surface area contributed by atoms with Crippen molar-refractivity contribution < 1.29 is 99.3 Å². The maximum Gasteiger partial charge on any atom is 1.00 e. The van der Waals surface area contributed by atoms with E-state index in [2.05, 4.69) is 50.2 Å². The number of benzene rings is 4. The van der Waals surface area contributed by atoms with Crippen molar-refractivity contribution in [2.75, 3.05) is 49.3 Å². The molecule has 0 saturated carbocycles. The second kappa shape index (κ2) is 36.1. The molecular formula is C55H79NNa2O9S2. The van der Waals surface area contributed by atoms with Crippen LogP contribution in [-0.4, -0.2) is 70.4 Å². The number of hydrogen-bond donors (Lipinski definition) is 0. The summed E-state index contributed by atoms with van der Waals surface area (Å²) >= 11 is 0. The largest absolute Gasteiger partial charge is 1.00 e. The van der Waals surface area contributed by atoms with Crippen molar-refractivity contribution in [3.8, 4) is 11.5 Å². The number of nitrogens with zero attached hydrogens (tertiary/aromatic N) is 1. The molecule has 14 heteroatoms. The number of rotatable bonds is 38. The molecule has 372 valence electrons. The van der Waals surface area contributed by atoms with Gasteiger partial charge in [0.25, 0.3) is 0 Å². The van der Waals surface area contributed by atoms with Gasteiger partial charge in [-0.05, 0) is 104 Å². The van der Waals surface area contributed by atoms with Crippen molar-refractivity contribution in [2.45, 2.75) is 154 Å². The molecule has 69 heavy (non-hydrogen) atoms. The van der Waals surface area contributed by atoms with Crippen molar-refractivity contribution in [3.05, 3.63) is 125 Å². The molecule has 0 unspecified atom stereocenters. The van der Waals surface area contributed by atoms with Gasteiger partial charge in [-0.1, -0.05) is 170 Å². The third-order valence-corrected chi connectivity index (χ3v) is 14.0. The van der Waals surface area contributed by atoms with Crippen LogP contribution in [0.4, 0.5) is 5.69 Å². The summed E-state index contributed by atoms with van der Waals surface area (Å²) in [4.78, 5) is 2.04. The molecule has 4 rings (SSSR count). The summed E-state index contributed by atoms with van der Waals surface area (Å²) in [6.07, 6.45) is 21.9. The molecule has 4 aromatic rings. The van der Waals surface area contributed by atoms with Crippen molar-refractivity contribution in [1.82, 2.24) is 0 Å². The van der Waals surface area contributed by atoms with Gasteiger partial charge in [0.15, 0.2) is 0 Å². The van der Waals surface area contributed by atoms with Crippen molar-refractivity contribution in [2.24, 2.45) is 0 Å². The van der Waals surface area contributed by atoms with Gasteiger partial charge in [0.2, 0.25) is 0 Å². The Labute approximate surface area is 461 Å². The van der Waals surface area contributed by atoms with E-state index in [1.54, 1.807) is 0 Å². The van der Waals surface area contributed by atoms with E-state index in [0.29, 0.717) is 52.2 Å². The van der Waals surface area contributed by atoms with Crippen LogP contribution in [0.2, 0.25) is 0 Å². The Balaban J connectivity index is 0.00000817. The average molecular weight is 1010 g/mol. The number of ether oxygens (including phenoxy) is 3. The molecule has 0 N–H and O–H groups in total. The molecule has 10 nitrogen and oxygen atoms in total. The third kappa shape index (κ3) is 25.5. The second-order valence-electron chi connectivity index (χ2n) is 17.9. The smallest absolute Gasteiger partial charge is 0.748 e. The Morgan fingerprint density at radius 1 is 0.449 bits per heavy atom. The summed E-state index contributed by atoms with van der Waals surface area (Å²) in [6.45, 7) is 7.21. The monoisotopic (exact) mass is 1010 g/mol. The van der Waals surface area contributed by atoms with Gasteiger partial charge in [-0.2, -0.15) is 0 Å². The van der Waals surface area contributed by atoms with Crippen LogP contribution in [0.5, 0.6) is 11.5 Å². The van der Waals surface area contributed by atoms with E-state index in [1.807, 2.05) is 71.6 Å². The van der Waals surface area contributed by atoms with Gasteiger partial charge >= 0.3 is 59.1 Å². The molecule has 0 amide bonds. The molecule has 0 spiro atoms. The van der Waals surface area contributed by atoms with Gasteiger partial charge in [0.1, 0.15) is 17.1 Å². The molecule has 0 aliphatic rings. The molecule has 0 aliphatic carbocycles. The van der Waals surface area contributed by atoms with Crippen LogP contribution < -0.4 is 73.5 Å². The first-order valence-electron chi connectivity index (χ1n) is 25.3. The quantitative estimate of drug-likeness (QED) is 0.0205. The molecule has 4 aromatic carbocycles. The first kappa shape index (κ1) is 63.2. The summed E-state index contributed by atoms with van der Waals surface area (Å²) in [6, 6.07) is 35.0. The average Bonchev–Trinajstić information content (AvgIpc) is 3.32. The van der Waals surface area contributed by atoms with E-state index in [4.69, 9.17) is 14.2 Å². The first-order chi connectivity index (χ1) is 32.4. The summed E-state index contributed by atoms with van der Waals surface area (Å²) in [7, 11) is -8.64. The molecule has 0 fully saturated rings. The standard InChI is InChI=1S/C55H81NO9S2.2Na/c1-3-5-7-9-11-13-15-22-43-63-53-36-30-50(31-37-53)55(49-26-18-17-19-27-49,51-32-38-54(39-33-51)64-44-23-16-14-12-10-8-6-4-2)65-45-40-48-28-34-52(35-29-48)56(41-20-24-46-66(57,58)59)42-21-25-47-67(60,61)62;;/h17-19,26-39H,3-16,20-25,40-47H2,1-2H3,(H,57,58,59)(H,60,61,62);;/q;2*+1/p-2. The van der Waals surface area contributed by atoms with Gasteiger partial charge < -0.3 is 28.2 Å². The van der Waals surface area contributed by atoms with Crippen molar-refractivity contribution in [3.63, 3.8) is 0 Å². The van der Waals surface area contributed by atoms with Crippen molar-refractivity contribution in [1.29, 1.82) is 0 Å². The van der Waals surface area contributed by atoms with Gasteiger partial charge in [-0.15, -0.1) is 0 Å². The Hall–Kier alpha value is -1.94. The molecule has 0 heterocycles. The van der Waals surface area contributed by atoms with Crippen LogP contribution >= 0.6 is 0 Å². The van der Waals surface area contributed by atoms with E-state index in [-0.39, 0.29) is 72.0 Å². The molecule has 0 aromatic heterocycles. The Bertz CT molecular complexity index is 2020. The first-order valence-corrected chi connectivity index (χ1v) is 28.5. The van der Waals surface area contributed by atoms with E-state index < -0.39 is 37.3 Å². The fraction of sp³-hybridized carbons (Fsp3) is 0.564. The normalized spacial score (nSPS) is 11.7. The number of anilines is 1. The molecular weight excluding hydrogens is 929 g/mol. The minimum absolute atomic E-state index is 0. The maximum absolute atomic E-state index is 11.2. The predicted molar refractivity (Wildman–Crippen MR) is 271 cm³/mol. The summed E-state index contributed by atoms with van der Waals surface area (Å²) in [5.74, 6) is 0.789. The van der Waals surface area contributed by atoms with Crippen LogP contribution in [0, 0.1) is 0 Å². The van der Waals surface area contributed by atoms with Crippen LogP contribution in [0.25, 0.3) is 0 Å². The fourth-order valence-corrected chi connectivity index (χ4v) is 9.69. The van der Waals surface area contributed by atoms with Crippen molar-refractivity contribution >= 4 is 25.9 Å². The van der Waals surface area contributed by atoms with Gasteiger partial charge in [0.05, 0.1) is 40.1 Å². The van der Waals surface area contributed by atoms with E-state index >= 15 is 0 Å². The van der Waals surface area contributed by atoms with Crippen LogP contribution in [0.3, 0.4) is 0 Å². The molecule has 0 saturated heterocycles. The minimum Gasteiger partial charge on any atom is -0.748 e. The summed E-state index contributed by atoms with van der Waals surface area (Å²) in [5, 5.41) is 0. The van der Waals surface area contributed by atoms with Crippen LogP contribution in [0.1, 0.15) is 165 Å². The summed E-state index contributed by atoms with van der Waals surface area (Å²) < 4.78 is 86.9. The fourth-order valence-electron chi connectivity index (χ4n) is 8.57. The van der Waals surface area contributed by atoms with E-state index in [1.165, 1.54) is 89.9 Å². The number of hydrogen-bond acceptors (Lipinski definition) is 10. The molecule has 0 atom stereocenters.